The number of rotatable bonds is 5. The zero-order valence-electron chi connectivity index (χ0n) is 9.46. The van der Waals surface area contributed by atoms with E-state index in [1.165, 1.54) is 26.4 Å². The molecule has 0 spiro atoms. The molecule has 1 saturated carbocycles. The lowest BCUT2D eigenvalue weighted by atomic mass is 10.1. The van der Waals surface area contributed by atoms with Gasteiger partial charge < -0.3 is 10.1 Å². The Morgan fingerprint density at radius 1 is 1.60 bits per heavy atom. The molecule has 1 fully saturated rings. The van der Waals surface area contributed by atoms with Crippen LogP contribution in [0.3, 0.4) is 0 Å². The average Bonchev–Trinajstić information content (AvgIpc) is 2.63. The van der Waals surface area contributed by atoms with Crippen molar-refractivity contribution in [3.05, 3.63) is 0 Å². The van der Waals surface area contributed by atoms with Crippen LogP contribution in [0.25, 0.3) is 0 Å². The van der Waals surface area contributed by atoms with Gasteiger partial charge in [0.1, 0.15) is 4.83 Å². The first-order chi connectivity index (χ1) is 7.13. The maximum Gasteiger partial charge on any atom is 0.320 e. The molecule has 0 amide bonds. The minimum atomic E-state index is -0.221. The molecular formula is C11H20BrNO2. The van der Waals surface area contributed by atoms with Crippen LogP contribution in [-0.4, -0.2) is 31.0 Å². The number of ether oxygens (including phenoxy) is 1. The summed E-state index contributed by atoms with van der Waals surface area (Å²) in [7, 11) is 1.41. The molecule has 3 nitrogen and oxygen atoms in total. The Morgan fingerprint density at radius 2 is 2.33 bits per heavy atom. The molecule has 0 bridgehead atoms. The van der Waals surface area contributed by atoms with Crippen molar-refractivity contribution in [2.45, 2.75) is 31.0 Å². The van der Waals surface area contributed by atoms with Crippen molar-refractivity contribution in [2.24, 2.45) is 11.8 Å². The second-order valence-corrected chi connectivity index (χ2v) is 5.54. The molecule has 1 rings (SSSR count). The number of nitrogens with one attached hydrogen (secondary N) is 1. The van der Waals surface area contributed by atoms with E-state index in [1.807, 2.05) is 0 Å². The van der Waals surface area contributed by atoms with Gasteiger partial charge in [-0.15, -0.1) is 0 Å². The Bertz CT molecular complexity index is 211. The summed E-state index contributed by atoms with van der Waals surface area (Å²) in [6.07, 6.45) is 3.98. The fourth-order valence-corrected chi connectivity index (χ4v) is 2.55. The quantitative estimate of drug-likeness (QED) is 0.617. The van der Waals surface area contributed by atoms with Crippen LogP contribution in [0, 0.1) is 11.8 Å². The number of alkyl halides is 1. The number of esters is 1. The minimum absolute atomic E-state index is 0.206. The highest BCUT2D eigenvalue weighted by atomic mass is 79.9. The predicted molar refractivity (Wildman–Crippen MR) is 64.1 cm³/mol. The van der Waals surface area contributed by atoms with Gasteiger partial charge in [0.15, 0.2) is 0 Å². The number of carbonyl (C=O) groups excluding carboxylic acids is 1. The molecule has 0 radical (unpaired) electrons. The van der Waals surface area contributed by atoms with Crippen LogP contribution >= 0.6 is 15.9 Å². The van der Waals surface area contributed by atoms with E-state index >= 15 is 0 Å². The van der Waals surface area contributed by atoms with E-state index in [0.717, 1.165) is 18.4 Å². The summed E-state index contributed by atoms with van der Waals surface area (Å²) in [4.78, 5) is 10.9. The maximum atomic E-state index is 11.1. The van der Waals surface area contributed by atoms with Crippen LogP contribution in [0.2, 0.25) is 0 Å². The molecule has 1 aliphatic rings. The monoisotopic (exact) mass is 277 g/mol. The molecule has 3 unspecified atom stereocenters. The number of carbonyl (C=O) groups is 1. The molecule has 1 N–H and O–H groups in total. The fraction of sp³-hybridized carbons (Fsp3) is 0.909. The second kappa shape index (κ2) is 6.48. The first-order valence-electron chi connectivity index (χ1n) is 5.56. The largest absolute Gasteiger partial charge is 0.468 e. The molecule has 0 aromatic rings. The maximum absolute atomic E-state index is 11.1. The van der Waals surface area contributed by atoms with E-state index in [-0.39, 0.29) is 10.8 Å². The van der Waals surface area contributed by atoms with Crippen molar-refractivity contribution >= 4 is 21.9 Å². The van der Waals surface area contributed by atoms with Crippen molar-refractivity contribution in [3.63, 3.8) is 0 Å². The molecule has 1 aliphatic carbocycles. The van der Waals surface area contributed by atoms with Crippen LogP contribution in [0.15, 0.2) is 0 Å². The van der Waals surface area contributed by atoms with Gasteiger partial charge in [0, 0.05) is 6.54 Å². The first-order valence-corrected chi connectivity index (χ1v) is 6.47. The zero-order valence-corrected chi connectivity index (χ0v) is 11.0. The minimum Gasteiger partial charge on any atom is -0.468 e. The summed E-state index contributed by atoms with van der Waals surface area (Å²) in [6, 6.07) is 0. The normalized spacial score (nSPS) is 27.7. The molecule has 88 valence electrons. The van der Waals surface area contributed by atoms with E-state index in [2.05, 4.69) is 32.9 Å². The molecule has 0 aromatic heterocycles. The Labute approximate surface area is 100 Å². The van der Waals surface area contributed by atoms with Crippen molar-refractivity contribution < 1.29 is 9.53 Å². The smallest absolute Gasteiger partial charge is 0.320 e. The van der Waals surface area contributed by atoms with Crippen LogP contribution in [-0.2, 0) is 9.53 Å². The summed E-state index contributed by atoms with van der Waals surface area (Å²) in [5.74, 6) is 1.46. The van der Waals surface area contributed by atoms with Crippen LogP contribution in [0.4, 0.5) is 0 Å². The predicted octanol–water partition coefficient (Wildman–Crippen LogP) is 1.95. The molecule has 15 heavy (non-hydrogen) atoms. The number of halogens is 1. The molecule has 0 aromatic carbocycles. The van der Waals surface area contributed by atoms with Gasteiger partial charge in [0.25, 0.3) is 0 Å². The average molecular weight is 278 g/mol. The molecule has 0 aliphatic heterocycles. The summed E-state index contributed by atoms with van der Waals surface area (Å²) in [5, 5.41) is 3.32. The van der Waals surface area contributed by atoms with Gasteiger partial charge in [-0.1, -0.05) is 29.3 Å². The van der Waals surface area contributed by atoms with Gasteiger partial charge >= 0.3 is 5.97 Å². The Morgan fingerprint density at radius 3 is 2.87 bits per heavy atom. The lowest BCUT2D eigenvalue weighted by Crippen LogP contribution is -2.32. The lowest BCUT2D eigenvalue weighted by molar-refractivity contribution is -0.139. The molecule has 4 heteroatoms. The van der Waals surface area contributed by atoms with Gasteiger partial charge in [0.2, 0.25) is 0 Å². The molecule has 0 saturated heterocycles. The molecular weight excluding hydrogens is 258 g/mol. The summed E-state index contributed by atoms with van der Waals surface area (Å²) in [6.45, 7) is 3.97. The van der Waals surface area contributed by atoms with E-state index < -0.39 is 0 Å². The molecule has 3 atom stereocenters. The Kier molecular flexibility index (Phi) is 5.61. The lowest BCUT2D eigenvalue weighted by Gasteiger charge is -2.13. The van der Waals surface area contributed by atoms with Crippen molar-refractivity contribution in [1.29, 1.82) is 0 Å². The van der Waals surface area contributed by atoms with Gasteiger partial charge in [-0.05, 0) is 31.2 Å². The van der Waals surface area contributed by atoms with Crippen LogP contribution in [0.1, 0.15) is 26.2 Å². The van der Waals surface area contributed by atoms with E-state index in [0.29, 0.717) is 6.54 Å². The van der Waals surface area contributed by atoms with Crippen LogP contribution in [0.5, 0.6) is 0 Å². The van der Waals surface area contributed by atoms with E-state index in [4.69, 9.17) is 0 Å². The third-order valence-corrected chi connectivity index (χ3v) is 3.71. The van der Waals surface area contributed by atoms with Crippen molar-refractivity contribution in [3.8, 4) is 0 Å². The third-order valence-electron chi connectivity index (χ3n) is 3.02. The van der Waals surface area contributed by atoms with Crippen molar-refractivity contribution in [2.75, 3.05) is 20.2 Å². The van der Waals surface area contributed by atoms with Gasteiger partial charge in [-0.2, -0.15) is 0 Å². The highest BCUT2D eigenvalue weighted by Crippen LogP contribution is 2.29. The summed E-state index contributed by atoms with van der Waals surface area (Å²) in [5.41, 5.74) is 0. The zero-order chi connectivity index (χ0) is 11.3. The van der Waals surface area contributed by atoms with Crippen molar-refractivity contribution in [1.82, 2.24) is 5.32 Å². The van der Waals surface area contributed by atoms with Gasteiger partial charge in [-0.25, -0.2) is 0 Å². The third kappa shape index (κ3) is 4.51. The standard InChI is InChI=1S/C11H20BrNO2/c1-8-3-4-9(5-8)6-13-7-10(12)11(14)15-2/h8-10,13H,3-7H2,1-2H3. The number of hydrogen-bond acceptors (Lipinski definition) is 3. The highest BCUT2D eigenvalue weighted by Gasteiger charge is 2.21. The highest BCUT2D eigenvalue weighted by molar-refractivity contribution is 9.10. The van der Waals surface area contributed by atoms with E-state index in [9.17, 15) is 4.79 Å². The van der Waals surface area contributed by atoms with Crippen LogP contribution < -0.4 is 5.32 Å². The van der Waals surface area contributed by atoms with Gasteiger partial charge in [0.05, 0.1) is 7.11 Å². The molecule has 0 heterocycles. The second-order valence-electron chi connectivity index (χ2n) is 4.43. The topological polar surface area (TPSA) is 38.3 Å². The SMILES string of the molecule is COC(=O)C(Br)CNCC1CCC(C)C1. The number of methoxy groups -OCH3 is 1. The van der Waals surface area contributed by atoms with Gasteiger partial charge in [-0.3, -0.25) is 4.79 Å². The van der Waals surface area contributed by atoms with E-state index in [1.54, 1.807) is 0 Å². The Balaban J connectivity index is 2.08. The summed E-state index contributed by atoms with van der Waals surface area (Å²) >= 11 is 3.29. The summed E-state index contributed by atoms with van der Waals surface area (Å²) < 4.78 is 4.63. The number of hydrogen-bond donors (Lipinski definition) is 1. The fourth-order valence-electron chi connectivity index (χ4n) is 2.14. The Hall–Kier alpha value is -0.0900. The first kappa shape index (κ1) is 13.0.